The molecule has 0 aromatic heterocycles. The molecule has 1 aromatic carbocycles. The van der Waals surface area contributed by atoms with Crippen LogP contribution < -0.4 is 10.6 Å². The quantitative estimate of drug-likeness (QED) is 0.647. The molecular weight excluding hydrogens is 296 g/mol. The monoisotopic (exact) mass is 322 g/mol. The van der Waals surface area contributed by atoms with E-state index in [9.17, 15) is 0 Å². The van der Waals surface area contributed by atoms with Crippen LogP contribution in [0.15, 0.2) is 29.3 Å². The first-order valence-electron chi connectivity index (χ1n) is 8.05. The number of hydrogen-bond acceptors (Lipinski definition) is 2. The zero-order valence-corrected chi connectivity index (χ0v) is 14.4. The maximum absolute atomic E-state index is 6.00. The summed E-state index contributed by atoms with van der Waals surface area (Å²) in [6.07, 6.45) is 3.84. The number of nitrogens with one attached hydrogen (secondary N) is 2. The van der Waals surface area contributed by atoms with Crippen molar-refractivity contribution in [3.63, 3.8) is 0 Å². The molecule has 0 amide bonds. The molecule has 0 unspecified atom stereocenters. The molecule has 4 nitrogen and oxygen atoms in total. The lowest BCUT2D eigenvalue weighted by Gasteiger charge is -2.29. The predicted octanol–water partition coefficient (Wildman–Crippen LogP) is 2.74. The highest BCUT2D eigenvalue weighted by Crippen LogP contribution is 2.18. The molecule has 122 valence electrons. The lowest BCUT2D eigenvalue weighted by molar-refractivity contribution is 0.213. The number of hydrogen-bond donors (Lipinski definition) is 2. The number of aliphatic imine (C=N–C) groups is 1. The first-order chi connectivity index (χ1) is 10.7. The van der Waals surface area contributed by atoms with Gasteiger partial charge in [-0.05, 0) is 63.0 Å². The van der Waals surface area contributed by atoms with Crippen LogP contribution in [-0.4, -0.2) is 44.6 Å². The van der Waals surface area contributed by atoms with Crippen molar-refractivity contribution in [1.29, 1.82) is 0 Å². The molecule has 0 saturated carbocycles. The predicted molar refractivity (Wildman–Crippen MR) is 94.5 cm³/mol. The van der Waals surface area contributed by atoms with Crippen molar-refractivity contribution in [2.24, 2.45) is 10.9 Å². The lowest BCUT2D eigenvalue weighted by Crippen LogP contribution is -2.38. The summed E-state index contributed by atoms with van der Waals surface area (Å²) >= 11 is 6.00. The van der Waals surface area contributed by atoms with Crippen LogP contribution in [0.1, 0.15) is 24.8 Å². The normalized spacial score (nSPS) is 17.5. The van der Waals surface area contributed by atoms with Crippen molar-refractivity contribution in [3.05, 3.63) is 34.9 Å². The topological polar surface area (TPSA) is 39.7 Å². The van der Waals surface area contributed by atoms with E-state index in [1.807, 2.05) is 25.2 Å². The average Bonchev–Trinajstić information content (AvgIpc) is 2.52. The van der Waals surface area contributed by atoms with Gasteiger partial charge in [-0.1, -0.05) is 23.7 Å². The van der Waals surface area contributed by atoms with Crippen LogP contribution in [0, 0.1) is 5.92 Å². The molecule has 1 heterocycles. The number of guanidine groups is 1. The Hall–Kier alpha value is -1.26. The molecule has 5 heteroatoms. The number of benzene rings is 1. The number of rotatable bonds is 5. The van der Waals surface area contributed by atoms with E-state index in [2.05, 4.69) is 33.6 Å². The smallest absolute Gasteiger partial charge is 0.191 e. The molecule has 2 N–H and O–H groups in total. The molecule has 1 saturated heterocycles. The third-order valence-electron chi connectivity index (χ3n) is 4.26. The molecule has 1 aromatic rings. The van der Waals surface area contributed by atoms with E-state index in [0.29, 0.717) is 0 Å². The Labute approximate surface area is 138 Å². The molecule has 0 bridgehead atoms. The summed E-state index contributed by atoms with van der Waals surface area (Å²) in [6, 6.07) is 7.89. The number of likely N-dealkylation sites (tertiary alicyclic amines) is 1. The van der Waals surface area contributed by atoms with E-state index in [0.717, 1.165) is 35.6 Å². The molecule has 1 aliphatic heterocycles. The van der Waals surface area contributed by atoms with Crippen LogP contribution in [-0.2, 0) is 6.54 Å². The van der Waals surface area contributed by atoms with Crippen molar-refractivity contribution in [2.75, 3.05) is 33.7 Å². The van der Waals surface area contributed by atoms with E-state index < -0.39 is 0 Å². The second-order valence-corrected chi connectivity index (χ2v) is 6.45. The highest BCUT2D eigenvalue weighted by atomic mass is 35.5. The molecule has 0 atom stereocenters. The van der Waals surface area contributed by atoms with Gasteiger partial charge in [0, 0.05) is 25.2 Å². The Morgan fingerprint density at radius 2 is 2.09 bits per heavy atom. The molecule has 22 heavy (non-hydrogen) atoms. The Bertz CT molecular complexity index is 481. The third-order valence-corrected chi connectivity index (χ3v) is 4.49. The van der Waals surface area contributed by atoms with Crippen molar-refractivity contribution >= 4 is 17.6 Å². The van der Waals surface area contributed by atoms with Gasteiger partial charge in [0.1, 0.15) is 0 Å². The van der Waals surface area contributed by atoms with Crippen molar-refractivity contribution in [3.8, 4) is 0 Å². The van der Waals surface area contributed by atoms with Gasteiger partial charge in [-0.15, -0.1) is 0 Å². The fourth-order valence-corrected chi connectivity index (χ4v) is 3.01. The maximum Gasteiger partial charge on any atom is 0.191 e. The fourth-order valence-electron chi connectivity index (χ4n) is 2.80. The van der Waals surface area contributed by atoms with Gasteiger partial charge in [-0.2, -0.15) is 0 Å². The summed E-state index contributed by atoms with van der Waals surface area (Å²) in [5.41, 5.74) is 1.16. The summed E-state index contributed by atoms with van der Waals surface area (Å²) in [7, 11) is 4.01. The Morgan fingerprint density at radius 1 is 1.32 bits per heavy atom. The van der Waals surface area contributed by atoms with E-state index in [1.54, 1.807) is 0 Å². The maximum atomic E-state index is 6.00. The molecule has 1 fully saturated rings. The van der Waals surface area contributed by atoms with Gasteiger partial charge in [0.2, 0.25) is 0 Å². The highest BCUT2D eigenvalue weighted by molar-refractivity contribution is 6.30. The van der Waals surface area contributed by atoms with Gasteiger partial charge in [0.15, 0.2) is 5.96 Å². The average molecular weight is 323 g/mol. The van der Waals surface area contributed by atoms with Crippen LogP contribution in [0.25, 0.3) is 0 Å². The van der Waals surface area contributed by atoms with E-state index in [-0.39, 0.29) is 0 Å². The zero-order chi connectivity index (χ0) is 15.8. The second-order valence-electron chi connectivity index (χ2n) is 6.02. The van der Waals surface area contributed by atoms with Crippen molar-refractivity contribution in [1.82, 2.24) is 15.5 Å². The zero-order valence-electron chi connectivity index (χ0n) is 13.6. The van der Waals surface area contributed by atoms with Gasteiger partial charge < -0.3 is 15.5 Å². The number of nitrogens with zero attached hydrogens (tertiary/aromatic N) is 2. The first kappa shape index (κ1) is 17.1. The molecule has 0 spiro atoms. The Balaban J connectivity index is 1.67. The SMILES string of the molecule is CN=C(NCCC1CCN(C)CC1)NCc1cccc(Cl)c1. The van der Waals surface area contributed by atoms with Crippen molar-refractivity contribution in [2.45, 2.75) is 25.8 Å². The summed E-state index contributed by atoms with van der Waals surface area (Å²) in [5, 5.41) is 7.50. The van der Waals surface area contributed by atoms with E-state index in [4.69, 9.17) is 11.6 Å². The Morgan fingerprint density at radius 3 is 2.77 bits per heavy atom. The van der Waals surface area contributed by atoms with Crippen LogP contribution >= 0.6 is 11.6 Å². The summed E-state index contributed by atoms with van der Waals surface area (Å²) in [5.74, 6) is 1.70. The molecule has 0 aliphatic carbocycles. The lowest BCUT2D eigenvalue weighted by atomic mass is 9.94. The van der Waals surface area contributed by atoms with Crippen LogP contribution in [0.5, 0.6) is 0 Å². The standard InChI is InChI=1S/C17H27ClN4/c1-19-17(21-13-15-4-3-5-16(18)12-15)20-9-6-14-7-10-22(2)11-8-14/h3-5,12,14H,6-11,13H2,1-2H3,(H2,19,20,21). The number of halogens is 1. The highest BCUT2D eigenvalue weighted by Gasteiger charge is 2.16. The first-order valence-corrected chi connectivity index (χ1v) is 8.42. The van der Waals surface area contributed by atoms with Gasteiger partial charge in [0.05, 0.1) is 0 Å². The molecule has 2 rings (SSSR count). The third kappa shape index (κ3) is 5.85. The van der Waals surface area contributed by atoms with E-state index >= 15 is 0 Å². The minimum Gasteiger partial charge on any atom is -0.356 e. The van der Waals surface area contributed by atoms with Crippen LogP contribution in [0.2, 0.25) is 5.02 Å². The van der Waals surface area contributed by atoms with Crippen LogP contribution in [0.4, 0.5) is 0 Å². The summed E-state index contributed by atoms with van der Waals surface area (Å²) in [6.45, 7) is 4.16. The van der Waals surface area contributed by atoms with Gasteiger partial charge >= 0.3 is 0 Å². The summed E-state index contributed by atoms with van der Waals surface area (Å²) in [4.78, 5) is 6.69. The molecule has 0 radical (unpaired) electrons. The van der Waals surface area contributed by atoms with E-state index in [1.165, 1.54) is 32.4 Å². The Kier molecular flexibility index (Phi) is 7.00. The number of piperidine rings is 1. The summed E-state index contributed by atoms with van der Waals surface area (Å²) < 4.78 is 0. The van der Waals surface area contributed by atoms with Gasteiger partial charge in [-0.3, -0.25) is 4.99 Å². The minimum atomic E-state index is 0.731. The second kappa shape index (κ2) is 9.01. The van der Waals surface area contributed by atoms with Gasteiger partial charge in [-0.25, -0.2) is 0 Å². The minimum absolute atomic E-state index is 0.731. The van der Waals surface area contributed by atoms with Crippen LogP contribution in [0.3, 0.4) is 0 Å². The largest absolute Gasteiger partial charge is 0.356 e. The van der Waals surface area contributed by atoms with Crippen molar-refractivity contribution < 1.29 is 0 Å². The molecular formula is C17H27ClN4. The molecule has 1 aliphatic rings. The fraction of sp³-hybridized carbons (Fsp3) is 0.588. The van der Waals surface area contributed by atoms with Gasteiger partial charge in [0.25, 0.3) is 0 Å².